The molecule has 0 aliphatic carbocycles. The Hall–Kier alpha value is -3.62. The van der Waals surface area contributed by atoms with Gasteiger partial charge < -0.3 is 19.8 Å². The van der Waals surface area contributed by atoms with Crippen molar-refractivity contribution in [1.82, 2.24) is 25.5 Å². The lowest BCUT2D eigenvalue weighted by Crippen LogP contribution is -2.24. The van der Waals surface area contributed by atoms with Crippen LogP contribution in [0.1, 0.15) is 51.8 Å². The summed E-state index contributed by atoms with van der Waals surface area (Å²) in [4.78, 5) is 32.3. The Morgan fingerprint density at radius 3 is 2.50 bits per heavy atom. The van der Waals surface area contributed by atoms with Crippen molar-refractivity contribution in [2.75, 3.05) is 7.11 Å². The number of carbonyl (C=O) groups is 2. The van der Waals surface area contributed by atoms with Gasteiger partial charge in [-0.1, -0.05) is 0 Å². The summed E-state index contributed by atoms with van der Waals surface area (Å²) in [6, 6.07) is 7.36. The van der Waals surface area contributed by atoms with Crippen molar-refractivity contribution in [3.05, 3.63) is 52.6 Å². The third kappa shape index (κ3) is 4.51. The molecule has 0 radical (unpaired) electrons. The van der Waals surface area contributed by atoms with E-state index in [1.54, 1.807) is 34.8 Å². The lowest BCUT2D eigenvalue weighted by atomic mass is 10.1. The van der Waals surface area contributed by atoms with E-state index in [9.17, 15) is 9.59 Å². The topological polar surface area (TPSA) is 122 Å². The van der Waals surface area contributed by atoms with Crippen LogP contribution in [0, 0.1) is 13.8 Å². The van der Waals surface area contributed by atoms with Crippen molar-refractivity contribution >= 4 is 11.9 Å². The van der Waals surface area contributed by atoms with E-state index in [-0.39, 0.29) is 18.6 Å². The van der Waals surface area contributed by atoms with Crippen molar-refractivity contribution in [3.63, 3.8) is 0 Å². The quantitative estimate of drug-likeness (QED) is 0.514. The van der Waals surface area contributed by atoms with Crippen LogP contribution in [0.2, 0.25) is 0 Å². The standard InChI is InChI=1S/C21H25N5O4/c1-11(2)30-21(28)17-12(3)18(23-13(17)4)20(27)22-10-16-24-19(26-25-16)14-6-8-15(29-5)9-7-14/h6-9,11,23H,10H2,1-5H3,(H,22,27)(H,24,25,26). The first-order valence-electron chi connectivity index (χ1n) is 9.54. The van der Waals surface area contributed by atoms with Crippen LogP contribution >= 0.6 is 0 Å². The number of aryl methyl sites for hydroxylation is 1. The van der Waals surface area contributed by atoms with Crippen molar-refractivity contribution in [2.45, 2.75) is 40.3 Å². The largest absolute Gasteiger partial charge is 0.497 e. The molecule has 0 fully saturated rings. The van der Waals surface area contributed by atoms with E-state index < -0.39 is 5.97 Å². The summed E-state index contributed by atoms with van der Waals surface area (Å²) in [6.45, 7) is 7.16. The number of methoxy groups -OCH3 is 1. The zero-order valence-electron chi connectivity index (χ0n) is 17.6. The number of hydrogen-bond donors (Lipinski definition) is 3. The Balaban J connectivity index is 1.67. The number of rotatable bonds is 7. The monoisotopic (exact) mass is 411 g/mol. The van der Waals surface area contributed by atoms with Crippen LogP contribution in [0.3, 0.4) is 0 Å². The van der Waals surface area contributed by atoms with Gasteiger partial charge in [0.15, 0.2) is 5.82 Å². The zero-order valence-corrected chi connectivity index (χ0v) is 17.6. The molecule has 0 unspecified atom stereocenters. The Kier molecular flexibility index (Phi) is 6.20. The molecule has 0 aliphatic rings. The van der Waals surface area contributed by atoms with Crippen LogP contribution in [-0.2, 0) is 11.3 Å². The lowest BCUT2D eigenvalue weighted by Gasteiger charge is -2.08. The number of carbonyl (C=O) groups excluding carboxylic acids is 2. The molecular formula is C21H25N5O4. The van der Waals surface area contributed by atoms with Crippen LogP contribution in [-0.4, -0.2) is 45.3 Å². The fourth-order valence-corrected chi connectivity index (χ4v) is 3.05. The van der Waals surface area contributed by atoms with Gasteiger partial charge in [0.2, 0.25) is 0 Å². The molecule has 0 bridgehead atoms. The van der Waals surface area contributed by atoms with Gasteiger partial charge in [-0.2, -0.15) is 5.10 Å². The molecule has 3 N–H and O–H groups in total. The molecule has 3 rings (SSSR count). The van der Waals surface area contributed by atoms with E-state index in [4.69, 9.17) is 9.47 Å². The lowest BCUT2D eigenvalue weighted by molar-refractivity contribution is 0.0376. The van der Waals surface area contributed by atoms with Gasteiger partial charge in [-0.3, -0.25) is 9.89 Å². The highest BCUT2D eigenvalue weighted by atomic mass is 16.5. The van der Waals surface area contributed by atoms with E-state index in [1.165, 1.54) is 0 Å². The van der Waals surface area contributed by atoms with Gasteiger partial charge in [-0.25, -0.2) is 9.78 Å². The number of ether oxygens (including phenoxy) is 2. The van der Waals surface area contributed by atoms with Crippen molar-refractivity contribution in [1.29, 1.82) is 0 Å². The average molecular weight is 411 g/mol. The average Bonchev–Trinajstić information content (AvgIpc) is 3.30. The molecule has 0 saturated carbocycles. The van der Waals surface area contributed by atoms with E-state index in [0.29, 0.717) is 34.2 Å². The van der Waals surface area contributed by atoms with Crippen molar-refractivity contribution < 1.29 is 19.1 Å². The van der Waals surface area contributed by atoms with Crippen LogP contribution in [0.15, 0.2) is 24.3 Å². The molecule has 0 aliphatic heterocycles. The predicted octanol–water partition coefficient (Wildman–Crippen LogP) is 2.92. The molecule has 3 aromatic rings. The Morgan fingerprint density at radius 2 is 1.87 bits per heavy atom. The second-order valence-electron chi connectivity index (χ2n) is 7.10. The number of amides is 1. The molecule has 30 heavy (non-hydrogen) atoms. The van der Waals surface area contributed by atoms with Crippen LogP contribution in [0.25, 0.3) is 11.4 Å². The number of benzene rings is 1. The highest BCUT2D eigenvalue weighted by Gasteiger charge is 2.23. The van der Waals surface area contributed by atoms with Gasteiger partial charge in [0, 0.05) is 11.3 Å². The molecule has 158 valence electrons. The molecule has 0 atom stereocenters. The number of hydrogen-bond acceptors (Lipinski definition) is 6. The number of nitrogens with one attached hydrogen (secondary N) is 3. The smallest absolute Gasteiger partial charge is 0.340 e. The van der Waals surface area contributed by atoms with Gasteiger partial charge in [0.25, 0.3) is 5.91 Å². The molecule has 0 saturated heterocycles. The maximum absolute atomic E-state index is 12.6. The third-order valence-corrected chi connectivity index (χ3v) is 4.51. The second kappa shape index (κ2) is 8.81. The number of nitrogens with zero attached hydrogens (tertiary/aromatic N) is 2. The number of aromatic nitrogens is 4. The first kappa shape index (κ1) is 21.1. The SMILES string of the molecule is COc1ccc(-c2n[nH]c(CNC(=O)c3[nH]c(C)c(C(=O)OC(C)C)c3C)n2)cc1. The third-order valence-electron chi connectivity index (χ3n) is 4.51. The highest BCUT2D eigenvalue weighted by Crippen LogP contribution is 2.20. The minimum Gasteiger partial charge on any atom is -0.497 e. The summed E-state index contributed by atoms with van der Waals surface area (Å²) in [7, 11) is 1.60. The first-order chi connectivity index (χ1) is 14.3. The molecule has 9 heteroatoms. The molecule has 1 amide bonds. The minimum absolute atomic E-state index is 0.158. The fourth-order valence-electron chi connectivity index (χ4n) is 3.05. The number of aromatic amines is 2. The van der Waals surface area contributed by atoms with E-state index in [0.717, 1.165) is 11.3 Å². The highest BCUT2D eigenvalue weighted by molar-refractivity contribution is 6.00. The van der Waals surface area contributed by atoms with Gasteiger partial charge in [-0.15, -0.1) is 0 Å². The van der Waals surface area contributed by atoms with Crippen molar-refractivity contribution in [2.24, 2.45) is 0 Å². The Bertz CT molecular complexity index is 1050. The van der Waals surface area contributed by atoms with Crippen molar-refractivity contribution in [3.8, 4) is 17.1 Å². The molecule has 2 heterocycles. The van der Waals surface area contributed by atoms with Gasteiger partial charge in [0.1, 0.15) is 17.3 Å². The van der Waals surface area contributed by atoms with Crippen LogP contribution in [0.4, 0.5) is 0 Å². The van der Waals surface area contributed by atoms with Crippen LogP contribution < -0.4 is 10.1 Å². The zero-order chi connectivity index (χ0) is 21.8. The van der Waals surface area contributed by atoms with Crippen LogP contribution in [0.5, 0.6) is 5.75 Å². The summed E-state index contributed by atoms with van der Waals surface area (Å²) < 4.78 is 10.4. The van der Waals surface area contributed by atoms with E-state index in [1.807, 2.05) is 24.3 Å². The Labute approximate surface area is 174 Å². The predicted molar refractivity (Wildman–Crippen MR) is 110 cm³/mol. The second-order valence-corrected chi connectivity index (χ2v) is 7.10. The van der Waals surface area contributed by atoms with Gasteiger partial charge >= 0.3 is 5.97 Å². The molecule has 9 nitrogen and oxygen atoms in total. The van der Waals surface area contributed by atoms with Gasteiger partial charge in [0.05, 0.1) is 25.3 Å². The maximum atomic E-state index is 12.6. The fraction of sp³-hybridized carbons (Fsp3) is 0.333. The molecule has 2 aromatic heterocycles. The minimum atomic E-state index is -0.449. The van der Waals surface area contributed by atoms with E-state index in [2.05, 4.69) is 25.5 Å². The van der Waals surface area contributed by atoms with Gasteiger partial charge in [-0.05, 0) is 57.5 Å². The maximum Gasteiger partial charge on any atom is 0.340 e. The molecular weight excluding hydrogens is 386 g/mol. The Morgan fingerprint density at radius 1 is 1.17 bits per heavy atom. The summed E-state index contributed by atoms with van der Waals surface area (Å²) in [5, 5.41) is 9.78. The number of esters is 1. The first-order valence-corrected chi connectivity index (χ1v) is 9.54. The molecule has 1 aromatic carbocycles. The number of H-pyrrole nitrogens is 2. The summed E-state index contributed by atoms with van der Waals surface area (Å²) in [6.07, 6.45) is -0.241. The van der Waals surface area contributed by atoms with E-state index >= 15 is 0 Å². The normalized spacial score (nSPS) is 10.9. The summed E-state index contributed by atoms with van der Waals surface area (Å²) >= 11 is 0. The summed E-state index contributed by atoms with van der Waals surface area (Å²) in [5.74, 6) is 0.980. The molecule has 0 spiro atoms. The summed E-state index contributed by atoms with van der Waals surface area (Å²) in [5.41, 5.74) is 2.67.